The molecule has 2 amide bonds. The van der Waals surface area contributed by atoms with Gasteiger partial charge in [0.2, 0.25) is 0 Å². The lowest BCUT2D eigenvalue weighted by Crippen LogP contribution is -2.41. The molecular weight excluding hydrogens is 279 g/mol. The summed E-state index contributed by atoms with van der Waals surface area (Å²) in [7, 11) is -0.380. The molecule has 1 aromatic rings. The first-order valence-corrected chi connectivity index (χ1v) is 7.71. The number of benzene rings is 1. The second-order valence-electron chi connectivity index (χ2n) is 6.55. The van der Waals surface area contributed by atoms with E-state index in [2.05, 4.69) is 10.6 Å². The molecule has 5 nitrogen and oxygen atoms in total. The molecule has 0 atom stereocenters. The minimum Gasteiger partial charge on any atom is -0.399 e. The van der Waals surface area contributed by atoms with Gasteiger partial charge in [0.1, 0.15) is 0 Å². The summed E-state index contributed by atoms with van der Waals surface area (Å²) < 4.78 is 12.1. The molecular formula is C16H25BN2O3. The third-order valence-electron chi connectivity index (χ3n) is 4.27. The smallest absolute Gasteiger partial charge is 0.399 e. The van der Waals surface area contributed by atoms with E-state index in [-0.39, 0.29) is 24.4 Å². The summed E-state index contributed by atoms with van der Waals surface area (Å²) in [5.74, 6) is 0. The Morgan fingerprint density at radius 1 is 1.14 bits per heavy atom. The van der Waals surface area contributed by atoms with Crippen LogP contribution in [0.2, 0.25) is 0 Å². The lowest BCUT2D eigenvalue weighted by molar-refractivity contribution is 0.00578. The number of hydrogen-bond donors (Lipinski definition) is 2. The summed E-state index contributed by atoms with van der Waals surface area (Å²) in [4.78, 5) is 11.5. The summed E-state index contributed by atoms with van der Waals surface area (Å²) in [6, 6.07) is 7.76. The molecule has 0 unspecified atom stereocenters. The molecule has 1 heterocycles. The van der Waals surface area contributed by atoms with E-state index in [0.717, 1.165) is 11.0 Å². The Morgan fingerprint density at radius 3 is 2.36 bits per heavy atom. The van der Waals surface area contributed by atoms with Crippen molar-refractivity contribution in [1.29, 1.82) is 0 Å². The zero-order chi connectivity index (χ0) is 16.4. The van der Waals surface area contributed by atoms with Crippen molar-refractivity contribution in [2.45, 2.75) is 52.4 Å². The predicted octanol–water partition coefficient (Wildman–Crippen LogP) is 1.80. The number of nitrogens with one attached hydrogen (secondary N) is 2. The largest absolute Gasteiger partial charge is 0.494 e. The van der Waals surface area contributed by atoms with Gasteiger partial charge in [-0.25, -0.2) is 4.79 Å². The molecule has 2 N–H and O–H groups in total. The van der Waals surface area contributed by atoms with E-state index in [1.807, 2.05) is 58.9 Å². The van der Waals surface area contributed by atoms with Crippen molar-refractivity contribution in [3.63, 3.8) is 0 Å². The SMILES string of the molecule is CCNC(=O)NCc1cccc(B2OC(C)(C)C(C)(C)O2)c1. The maximum absolute atomic E-state index is 11.5. The van der Waals surface area contributed by atoms with Crippen LogP contribution < -0.4 is 16.1 Å². The molecule has 120 valence electrons. The average Bonchev–Trinajstić information content (AvgIpc) is 2.66. The molecule has 22 heavy (non-hydrogen) atoms. The Labute approximate surface area is 132 Å². The normalized spacial score (nSPS) is 19.0. The molecule has 1 aliphatic heterocycles. The number of rotatable bonds is 4. The van der Waals surface area contributed by atoms with Gasteiger partial charge in [0.15, 0.2) is 0 Å². The van der Waals surface area contributed by atoms with Gasteiger partial charge >= 0.3 is 13.1 Å². The van der Waals surface area contributed by atoms with E-state index in [4.69, 9.17) is 9.31 Å². The summed E-state index contributed by atoms with van der Waals surface area (Å²) in [6.45, 7) is 11.1. The molecule has 0 bridgehead atoms. The van der Waals surface area contributed by atoms with E-state index in [9.17, 15) is 4.79 Å². The highest BCUT2D eigenvalue weighted by Crippen LogP contribution is 2.36. The summed E-state index contributed by atoms with van der Waals surface area (Å²) in [5, 5.41) is 5.53. The van der Waals surface area contributed by atoms with Crippen LogP contribution in [0, 0.1) is 0 Å². The van der Waals surface area contributed by atoms with E-state index in [1.165, 1.54) is 0 Å². The van der Waals surface area contributed by atoms with Crippen molar-refractivity contribution < 1.29 is 14.1 Å². The van der Waals surface area contributed by atoms with Crippen LogP contribution in [-0.4, -0.2) is 30.9 Å². The van der Waals surface area contributed by atoms with E-state index < -0.39 is 0 Å². The molecule has 6 heteroatoms. The first-order valence-electron chi connectivity index (χ1n) is 7.71. The number of amides is 2. The van der Waals surface area contributed by atoms with Crippen molar-refractivity contribution >= 4 is 18.6 Å². The average molecular weight is 304 g/mol. The Balaban J connectivity index is 2.05. The maximum atomic E-state index is 11.5. The second kappa shape index (κ2) is 6.30. The summed E-state index contributed by atoms with van der Waals surface area (Å²) in [6.07, 6.45) is 0. The molecule has 0 aromatic heterocycles. The predicted molar refractivity (Wildman–Crippen MR) is 88.1 cm³/mol. The molecule has 2 rings (SSSR count). The van der Waals surface area contributed by atoms with E-state index >= 15 is 0 Å². The third kappa shape index (κ3) is 3.62. The first kappa shape index (κ1) is 16.8. The Kier molecular flexibility index (Phi) is 4.82. The zero-order valence-electron chi connectivity index (χ0n) is 14.0. The Morgan fingerprint density at radius 2 is 1.77 bits per heavy atom. The van der Waals surface area contributed by atoms with Crippen LogP contribution >= 0.6 is 0 Å². The fourth-order valence-electron chi connectivity index (χ4n) is 2.23. The van der Waals surface area contributed by atoms with Gasteiger partial charge < -0.3 is 19.9 Å². The van der Waals surface area contributed by atoms with Crippen LogP contribution in [0.1, 0.15) is 40.2 Å². The maximum Gasteiger partial charge on any atom is 0.494 e. The first-order chi connectivity index (χ1) is 10.2. The van der Waals surface area contributed by atoms with Crippen molar-refractivity contribution in [1.82, 2.24) is 10.6 Å². The fraction of sp³-hybridized carbons (Fsp3) is 0.562. The van der Waals surface area contributed by atoms with E-state index in [0.29, 0.717) is 13.1 Å². The Bertz CT molecular complexity index is 530. The molecule has 1 fully saturated rings. The van der Waals surface area contributed by atoms with Gasteiger partial charge in [0, 0.05) is 13.1 Å². The molecule has 1 saturated heterocycles. The van der Waals surface area contributed by atoms with Crippen molar-refractivity contribution in [3.05, 3.63) is 29.8 Å². The molecule has 1 aliphatic rings. The van der Waals surface area contributed by atoms with Crippen LogP contribution in [0.15, 0.2) is 24.3 Å². The van der Waals surface area contributed by atoms with Gasteiger partial charge in [-0.05, 0) is 45.6 Å². The van der Waals surface area contributed by atoms with Gasteiger partial charge in [0.05, 0.1) is 11.2 Å². The van der Waals surface area contributed by atoms with Crippen LogP contribution in [0.4, 0.5) is 4.79 Å². The van der Waals surface area contributed by atoms with Crippen molar-refractivity contribution in [2.75, 3.05) is 6.54 Å². The minimum atomic E-state index is -0.380. The highest BCUT2D eigenvalue weighted by atomic mass is 16.7. The molecule has 0 spiro atoms. The number of carbonyl (C=O) groups is 1. The third-order valence-corrected chi connectivity index (χ3v) is 4.27. The monoisotopic (exact) mass is 304 g/mol. The van der Waals surface area contributed by atoms with Crippen molar-refractivity contribution in [3.8, 4) is 0 Å². The van der Waals surface area contributed by atoms with Gasteiger partial charge in [-0.15, -0.1) is 0 Å². The lowest BCUT2D eigenvalue weighted by atomic mass is 9.78. The van der Waals surface area contributed by atoms with Crippen LogP contribution in [-0.2, 0) is 15.9 Å². The summed E-state index contributed by atoms with van der Waals surface area (Å²) >= 11 is 0. The second-order valence-corrected chi connectivity index (χ2v) is 6.55. The van der Waals surface area contributed by atoms with Gasteiger partial charge in [-0.2, -0.15) is 0 Å². The minimum absolute atomic E-state index is 0.163. The standard InChI is InChI=1S/C16H25BN2O3/c1-6-18-14(20)19-11-12-8-7-9-13(10-12)17-21-15(2,3)16(4,5)22-17/h7-10H,6,11H2,1-5H3,(H2,18,19,20). The molecule has 0 radical (unpaired) electrons. The highest BCUT2D eigenvalue weighted by Gasteiger charge is 2.51. The highest BCUT2D eigenvalue weighted by molar-refractivity contribution is 6.62. The lowest BCUT2D eigenvalue weighted by Gasteiger charge is -2.32. The molecule has 0 aliphatic carbocycles. The fourth-order valence-corrected chi connectivity index (χ4v) is 2.23. The van der Waals surface area contributed by atoms with Crippen LogP contribution in [0.25, 0.3) is 0 Å². The van der Waals surface area contributed by atoms with Crippen LogP contribution in [0.5, 0.6) is 0 Å². The molecule has 1 aromatic carbocycles. The number of hydrogen-bond acceptors (Lipinski definition) is 3. The summed E-state index contributed by atoms with van der Waals surface area (Å²) in [5.41, 5.74) is 1.27. The number of carbonyl (C=O) groups excluding carboxylic acids is 1. The van der Waals surface area contributed by atoms with Gasteiger partial charge in [-0.3, -0.25) is 0 Å². The van der Waals surface area contributed by atoms with Gasteiger partial charge in [-0.1, -0.05) is 24.3 Å². The quantitative estimate of drug-likeness (QED) is 0.834. The van der Waals surface area contributed by atoms with E-state index in [1.54, 1.807) is 0 Å². The topological polar surface area (TPSA) is 59.6 Å². The van der Waals surface area contributed by atoms with Gasteiger partial charge in [0.25, 0.3) is 0 Å². The van der Waals surface area contributed by atoms with Crippen LogP contribution in [0.3, 0.4) is 0 Å². The Hall–Kier alpha value is -1.53. The molecule has 0 saturated carbocycles. The number of urea groups is 1. The van der Waals surface area contributed by atoms with Crippen molar-refractivity contribution in [2.24, 2.45) is 0 Å². The zero-order valence-corrected chi connectivity index (χ0v) is 14.0.